The van der Waals surface area contributed by atoms with Gasteiger partial charge in [0.25, 0.3) is 5.91 Å². The number of para-hydroxylation sites is 1. The molecule has 7 nitrogen and oxygen atoms in total. The van der Waals surface area contributed by atoms with E-state index in [-0.39, 0.29) is 16.8 Å². The summed E-state index contributed by atoms with van der Waals surface area (Å²) in [6.07, 6.45) is 2.81. The Morgan fingerprint density at radius 2 is 1.71 bits per heavy atom. The molecule has 0 atom stereocenters. The smallest absolute Gasteiger partial charge is 0.337 e. The lowest BCUT2D eigenvalue weighted by Crippen LogP contribution is -2.14. The van der Waals surface area contributed by atoms with Gasteiger partial charge < -0.3 is 15.4 Å². The molecule has 142 valence electrons. The molecular formula is C20H17ClN4O3. The largest absolute Gasteiger partial charge is 0.465 e. The maximum Gasteiger partial charge on any atom is 0.337 e. The molecule has 1 aromatic heterocycles. The second kappa shape index (κ2) is 8.49. The summed E-state index contributed by atoms with van der Waals surface area (Å²) in [6.45, 7) is 1.97. The molecule has 28 heavy (non-hydrogen) atoms. The number of ether oxygens (including phenoxy) is 1. The molecular weight excluding hydrogens is 380 g/mol. The Bertz CT molecular complexity index is 1020. The van der Waals surface area contributed by atoms with Crippen LogP contribution in [-0.4, -0.2) is 29.0 Å². The van der Waals surface area contributed by atoms with Crippen LogP contribution in [0.1, 0.15) is 26.3 Å². The highest BCUT2D eigenvalue weighted by atomic mass is 35.5. The molecule has 0 aliphatic heterocycles. The predicted molar refractivity (Wildman–Crippen MR) is 107 cm³/mol. The molecule has 0 aliphatic carbocycles. The van der Waals surface area contributed by atoms with Crippen molar-refractivity contribution in [1.29, 1.82) is 0 Å². The molecule has 0 unspecified atom stereocenters. The van der Waals surface area contributed by atoms with Crippen LogP contribution in [0.3, 0.4) is 0 Å². The summed E-state index contributed by atoms with van der Waals surface area (Å²) in [4.78, 5) is 32.4. The van der Waals surface area contributed by atoms with E-state index in [9.17, 15) is 9.59 Å². The van der Waals surface area contributed by atoms with E-state index in [1.54, 1.807) is 0 Å². The normalized spacial score (nSPS) is 10.2. The van der Waals surface area contributed by atoms with Gasteiger partial charge in [0.05, 0.1) is 28.9 Å². The first-order chi connectivity index (χ1) is 13.5. The molecule has 8 heteroatoms. The van der Waals surface area contributed by atoms with Crippen molar-refractivity contribution >= 4 is 40.8 Å². The highest BCUT2D eigenvalue weighted by Gasteiger charge is 2.13. The molecule has 0 radical (unpaired) electrons. The third-order valence-corrected chi connectivity index (χ3v) is 4.27. The minimum absolute atomic E-state index is 0.245. The van der Waals surface area contributed by atoms with Gasteiger partial charge in [0.1, 0.15) is 0 Å². The number of methoxy groups -OCH3 is 1. The van der Waals surface area contributed by atoms with Crippen LogP contribution in [0, 0.1) is 6.92 Å². The lowest BCUT2D eigenvalue weighted by atomic mass is 10.2. The second-order valence-corrected chi connectivity index (χ2v) is 6.28. The summed E-state index contributed by atoms with van der Waals surface area (Å²) in [5.74, 6) is -0.606. The first-order valence-corrected chi connectivity index (χ1v) is 8.69. The summed E-state index contributed by atoms with van der Waals surface area (Å²) in [5, 5.41) is 6.03. The fourth-order valence-corrected chi connectivity index (χ4v) is 2.57. The number of hydrogen-bond acceptors (Lipinski definition) is 6. The van der Waals surface area contributed by atoms with E-state index in [1.807, 2.05) is 31.2 Å². The monoisotopic (exact) mass is 396 g/mol. The van der Waals surface area contributed by atoms with Crippen LogP contribution in [-0.2, 0) is 4.74 Å². The number of aryl methyl sites for hydroxylation is 1. The van der Waals surface area contributed by atoms with E-state index in [2.05, 4.69) is 25.3 Å². The Morgan fingerprint density at radius 1 is 1.00 bits per heavy atom. The van der Waals surface area contributed by atoms with Crippen LogP contribution in [0.15, 0.2) is 54.9 Å². The molecule has 0 saturated heterocycles. The molecule has 1 heterocycles. The molecule has 3 aromatic rings. The number of halogens is 1. The van der Waals surface area contributed by atoms with E-state index >= 15 is 0 Å². The van der Waals surface area contributed by atoms with E-state index in [0.717, 1.165) is 11.3 Å². The number of nitrogens with one attached hydrogen (secondary N) is 2. The minimum Gasteiger partial charge on any atom is -0.465 e. The molecule has 2 N–H and O–H groups in total. The molecule has 0 fully saturated rings. The Kier molecular flexibility index (Phi) is 5.86. The van der Waals surface area contributed by atoms with Crippen molar-refractivity contribution in [2.75, 3.05) is 17.7 Å². The number of anilines is 3. The summed E-state index contributed by atoms with van der Waals surface area (Å²) in [5.41, 5.74) is 2.74. The van der Waals surface area contributed by atoms with Gasteiger partial charge in [0.2, 0.25) is 5.95 Å². The van der Waals surface area contributed by atoms with Crippen molar-refractivity contribution in [2.24, 2.45) is 0 Å². The Labute approximate surface area is 166 Å². The van der Waals surface area contributed by atoms with Gasteiger partial charge in [-0.1, -0.05) is 29.8 Å². The van der Waals surface area contributed by atoms with Crippen LogP contribution < -0.4 is 10.6 Å². The Morgan fingerprint density at radius 3 is 2.39 bits per heavy atom. The van der Waals surface area contributed by atoms with Crippen molar-refractivity contribution in [2.45, 2.75) is 6.92 Å². The van der Waals surface area contributed by atoms with Crippen LogP contribution in [0.4, 0.5) is 17.3 Å². The third kappa shape index (κ3) is 4.44. The summed E-state index contributed by atoms with van der Waals surface area (Å²) in [6, 6.07) is 12.2. The zero-order valence-electron chi connectivity index (χ0n) is 15.2. The maximum absolute atomic E-state index is 12.5. The number of carbonyl (C=O) groups excluding carboxylic acids is 2. The number of amides is 1. The molecule has 1 amide bonds. The second-order valence-electron chi connectivity index (χ2n) is 5.88. The van der Waals surface area contributed by atoms with Crippen molar-refractivity contribution in [1.82, 2.24) is 9.97 Å². The van der Waals surface area contributed by atoms with Gasteiger partial charge in [-0.15, -0.1) is 0 Å². The SMILES string of the molecule is COC(=O)c1ccc(Cl)c(NC(=O)c2cnc(Nc3ccccc3C)nc2)c1. The average Bonchev–Trinajstić information content (AvgIpc) is 2.71. The quantitative estimate of drug-likeness (QED) is 0.627. The number of esters is 1. The fraction of sp³-hybridized carbons (Fsp3) is 0.100. The lowest BCUT2D eigenvalue weighted by Gasteiger charge is -2.10. The number of benzene rings is 2. The molecule has 0 saturated carbocycles. The van der Waals surface area contributed by atoms with Crippen LogP contribution in [0.5, 0.6) is 0 Å². The van der Waals surface area contributed by atoms with Crippen LogP contribution in [0.2, 0.25) is 5.02 Å². The number of hydrogen-bond donors (Lipinski definition) is 2. The predicted octanol–water partition coefficient (Wildman–Crippen LogP) is 4.22. The van der Waals surface area contributed by atoms with Crippen LogP contribution in [0.25, 0.3) is 0 Å². The van der Waals surface area contributed by atoms with E-state index in [1.165, 1.54) is 37.7 Å². The Balaban J connectivity index is 1.73. The molecule has 0 spiro atoms. The van der Waals surface area contributed by atoms with Gasteiger partial charge in [0, 0.05) is 18.1 Å². The summed E-state index contributed by atoms with van der Waals surface area (Å²) < 4.78 is 4.67. The molecule has 0 bridgehead atoms. The number of rotatable bonds is 5. The third-order valence-electron chi connectivity index (χ3n) is 3.94. The number of aromatic nitrogens is 2. The zero-order chi connectivity index (χ0) is 20.1. The molecule has 0 aliphatic rings. The lowest BCUT2D eigenvalue weighted by molar-refractivity contribution is 0.0600. The topological polar surface area (TPSA) is 93.2 Å². The molecule has 2 aromatic carbocycles. The summed E-state index contributed by atoms with van der Waals surface area (Å²) in [7, 11) is 1.28. The summed E-state index contributed by atoms with van der Waals surface area (Å²) >= 11 is 6.10. The van der Waals surface area contributed by atoms with Crippen molar-refractivity contribution in [3.8, 4) is 0 Å². The van der Waals surface area contributed by atoms with Crippen molar-refractivity contribution in [3.63, 3.8) is 0 Å². The standard InChI is InChI=1S/C20H17ClN4O3/c1-12-5-3-4-6-16(12)25-20-22-10-14(11-23-20)18(26)24-17-9-13(19(27)28-2)7-8-15(17)21/h3-11H,1-2H3,(H,24,26)(H,22,23,25). The number of nitrogens with zero attached hydrogens (tertiary/aromatic N) is 2. The van der Waals surface area contributed by atoms with Gasteiger partial charge >= 0.3 is 5.97 Å². The van der Waals surface area contributed by atoms with Gasteiger partial charge in [-0.3, -0.25) is 4.79 Å². The van der Waals surface area contributed by atoms with Crippen molar-refractivity contribution in [3.05, 3.63) is 76.6 Å². The van der Waals surface area contributed by atoms with Crippen molar-refractivity contribution < 1.29 is 14.3 Å². The maximum atomic E-state index is 12.5. The average molecular weight is 397 g/mol. The number of carbonyl (C=O) groups is 2. The van der Waals surface area contributed by atoms with E-state index in [0.29, 0.717) is 11.0 Å². The van der Waals surface area contributed by atoms with Gasteiger partial charge in [0.15, 0.2) is 0 Å². The molecule has 3 rings (SSSR count). The van der Waals surface area contributed by atoms with Gasteiger partial charge in [-0.2, -0.15) is 0 Å². The fourth-order valence-electron chi connectivity index (χ4n) is 2.40. The van der Waals surface area contributed by atoms with E-state index < -0.39 is 11.9 Å². The minimum atomic E-state index is -0.526. The first-order valence-electron chi connectivity index (χ1n) is 8.32. The first kappa shape index (κ1) is 19.3. The van der Waals surface area contributed by atoms with Crippen LogP contribution >= 0.6 is 11.6 Å². The highest BCUT2D eigenvalue weighted by molar-refractivity contribution is 6.34. The zero-order valence-corrected chi connectivity index (χ0v) is 15.9. The van der Waals surface area contributed by atoms with E-state index in [4.69, 9.17) is 11.6 Å². The highest BCUT2D eigenvalue weighted by Crippen LogP contribution is 2.24. The van der Waals surface area contributed by atoms with Gasteiger partial charge in [-0.25, -0.2) is 14.8 Å². The Hall–Kier alpha value is -3.45. The van der Waals surface area contributed by atoms with Gasteiger partial charge in [-0.05, 0) is 36.8 Å².